The van der Waals surface area contributed by atoms with E-state index in [0.717, 1.165) is 0 Å². The van der Waals surface area contributed by atoms with Crippen LogP contribution in [0.25, 0.3) is 0 Å². The number of hydrogen-bond donors (Lipinski definition) is 1. The fourth-order valence-electron chi connectivity index (χ4n) is 0.178. The Labute approximate surface area is 53.5 Å². The molecule has 1 N–H and O–H groups in total. The van der Waals surface area contributed by atoms with Crippen molar-refractivity contribution in [2.24, 2.45) is 0 Å². The van der Waals surface area contributed by atoms with Crippen molar-refractivity contribution in [1.29, 1.82) is 0 Å². The smallest absolute Gasteiger partial charge is 0.354 e. The zero-order valence-corrected chi connectivity index (χ0v) is 5.72. The summed E-state index contributed by atoms with van der Waals surface area (Å²) in [4.78, 5) is 0. The van der Waals surface area contributed by atoms with Gasteiger partial charge < -0.3 is 4.74 Å². The van der Waals surface area contributed by atoms with E-state index in [-0.39, 0.29) is 0 Å². The van der Waals surface area contributed by atoms with Crippen LogP contribution in [0.2, 0.25) is 0 Å². The number of hydrogen-bond acceptors (Lipinski definition) is 4. The van der Waals surface area contributed by atoms with Gasteiger partial charge in [0.05, 0.1) is 0 Å². The topological polar surface area (TPSA) is 72.8 Å². The fraction of sp³-hybridized carbons (Fsp3) is 1.00. The van der Waals surface area contributed by atoms with E-state index >= 15 is 0 Å². The summed E-state index contributed by atoms with van der Waals surface area (Å²) < 4.78 is 35.7. The second kappa shape index (κ2) is 3.78. The molecule has 0 atom stereocenters. The Balaban J connectivity index is 3.30. The van der Waals surface area contributed by atoms with Gasteiger partial charge in [0.2, 0.25) is 0 Å². The van der Waals surface area contributed by atoms with Gasteiger partial charge in [-0.15, -0.1) is 0 Å². The van der Waals surface area contributed by atoms with Crippen LogP contribution in [0, 0.1) is 0 Å². The first-order valence-corrected chi connectivity index (χ1v) is 3.62. The molecule has 0 saturated heterocycles. The van der Waals surface area contributed by atoms with Crippen LogP contribution >= 0.6 is 0 Å². The van der Waals surface area contributed by atoms with Crippen LogP contribution in [0.1, 0.15) is 6.92 Å². The monoisotopic (exact) mass is 156 g/mol. The van der Waals surface area contributed by atoms with E-state index < -0.39 is 17.2 Å². The van der Waals surface area contributed by atoms with E-state index in [2.05, 4.69) is 8.92 Å². The van der Waals surface area contributed by atoms with Crippen LogP contribution in [0.4, 0.5) is 0 Å². The first-order valence-electron chi connectivity index (χ1n) is 2.26. The highest BCUT2D eigenvalue weighted by atomic mass is 32.3. The zero-order chi connectivity index (χ0) is 7.33. The van der Waals surface area contributed by atoms with Crippen molar-refractivity contribution in [3.05, 3.63) is 0 Å². The average molecular weight is 156 g/mol. The standard InChI is InChI=1S/C3H8O5S/c1-2-7-3-8-9(4,5)6/h2-3H2,1H3,(H,4,5,6). The van der Waals surface area contributed by atoms with Crippen LogP contribution in [0.3, 0.4) is 0 Å². The molecule has 6 heteroatoms. The van der Waals surface area contributed by atoms with Gasteiger partial charge in [0, 0.05) is 6.61 Å². The molecule has 0 unspecified atom stereocenters. The molecule has 0 aliphatic rings. The minimum absolute atomic E-state index is 0.343. The normalized spacial score (nSPS) is 11.8. The van der Waals surface area contributed by atoms with Crippen molar-refractivity contribution in [3.8, 4) is 0 Å². The lowest BCUT2D eigenvalue weighted by atomic mass is 10.9. The van der Waals surface area contributed by atoms with Crippen molar-refractivity contribution in [1.82, 2.24) is 0 Å². The molecule has 0 aromatic heterocycles. The van der Waals surface area contributed by atoms with Gasteiger partial charge in [0.15, 0.2) is 6.79 Å². The van der Waals surface area contributed by atoms with Crippen molar-refractivity contribution in [3.63, 3.8) is 0 Å². The lowest BCUT2D eigenvalue weighted by molar-refractivity contribution is 0.0197. The maximum Gasteiger partial charge on any atom is 0.399 e. The SMILES string of the molecule is CCOCOS(=O)(=O)O. The highest BCUT2D eigenvalue weighted by Gasteiger charge is 2.01. The highest BCUT2D eigenvalue weighted by molar-refractivity contribution is 7.80. The molecule has 0 bridgehead atoms. The summed E-state index contributed by atoms with van der Waals surface area (Å²) in [5.41, 5.74) is 0. The predicted octanol–water partition coefficient (Wildman–Crippen LogP) is -0.200. The molecule has 0 saturated carbocycles. The summed E-state index contributed by atoms with van der Waals surface area (Å²) in [6.45, 7) is 1.58. The highest BCUT2D eigenvalue weighted by Crippen LogP contribution is 1.85. The molecule has 9 heavy (non-hydrogen) atoms. The number of ether oxygens (including phenoxy) is 1. The van der Waals surface area contributed by atoms with Crippen molar-refractivity contribution in [2.75, 3.05) is 13.4 Å². The lowest BCUT2D eigenvalue weighted by Gasteiger charge is -1.97. The fourth-order valence-corrected chi connectivity index (χ4v) is 0.368. The van der Waals surface area contributed by atoms with Gasteiger partial charge in [-0.3, -0.25) is 4.55 Å². The van der Waals surface area contributed by atoms with Crippen molar-refractivity contribution >= 4 is 10.4 Å². The van der Waals surface area contributed by atoms with Gasteiger partial charge in [0.1, 0.15) is 0 Å². The Morgan fingerprint density at radius 3 is 2.44 bits per heavy atom. The molecule has 56 valence electrons. The zero-order valence-electron chi connectivity index (χ0n) is 4.90. The van der Waals surface area contributed by atoms with Crippen LogP contribution < -0.4 is 0 Å². The molecule has 0 rings (SSSR count). The molecule has 0 amide bonds. The maximum atomic E-state index is 9.76. The Morgan fingerprint density at radius 2 is 2.11 bits per heavy atom. The third-order valence-electron chi connectivity index (χ3n) is 0.484. The second-order valence-corrected chi connectivity index (χ2v) is 2.25. The van der Waals surface area contributed by atoms with E-state index in [1.54, 1.807) is 6.92 Å². The minimum Gasteiger partial charge on any atom is -0.354 e. The lowest BCUT2D eigenvalue weighted by Crippen LogP contribution is -2.07. The molecular formula is C3H8O5S. The average Bonchev–Trinajstić information content (AvgIpc) is 1.63. The van der Waals surface area contributed by atoms with Crippen molar-refractivity contribution < 1.29 is 21.9 Å². The third kappa shape index (κ3) is 7.83. The molecule has 0 aliphatic carbocycles. The summed E-state index contributed by atoms with van der Waals surface area (Å²) >= 11 is 0. The van der Waals surface area contributed by atoms with E-state index in [9.17, 15) is 8.42 Å². The Kier molecular flexibility index (Phi) is 3.71. The van der Waals surface area contributed by atoms with Crippen LogP contribution in [0.15, 0.2) is 0 Å². The summed E-state index contributed by atoms with van der Waals surface area (Å²) in [6, 6.07) is 0. The quantitative estimate of drug-likeness (QED) is 0.346. The summed E-state index contributed by atoms with van der Waals surface area (Å²) in [5, 5.41) is 0. The minimum atomic E-state index is -4.32. The molecule has 0 fully saturated rings. The van der Waals surface area contributed by atoms with Crippen molar-refractivity contribution in [2.45, 2.75) is 6.92 Å². The third-order valence-corrected chi connectivity index (χ3v) is 0.879. The first-order chi connectivity index (χ1) is 4.06. The molecule has 0 aromatic carbocycles. The molecular weight excluding hydrogens is 148 g/mol. The molecule has 0 aromatic rings. The largest absolute Gasteiger partial charge is 0.399 e. The van der Waals surface area contributed by atoms with E-state index in [1.807, 2.05) is 0 Å². The Hall–Kier alpha value is -0.170. The summed E-state index contributed by atoms with van der Waals surface area (Å²) in [6.07, 6.45) is 0. The second-order valence-electron chi connectivity index (χ2n) is 1.16. The van der Waals surface area contributed by atoms with E-state index in [4.69, 9.17) is 4.55 Å². The van der Waals surface area contributed by atoms with Gasteiger partial charge in [-0.05, 0) is 6.92 Å². The van der Waals surface area contributed by atoms with Crippen LogP contribution in [-0.4, -0.2) is 26.4 Å². The summed E-state index contributed by atoms with van der Waals surface area (Å²) in [5.74, 6) is 0. The van der Waals surface area contributed by atoms with Crippen LogP contribution in [0.5, 0.6) is 0 Å². The molecule has 0 aliphatic heterocycles. The molecule has 0 radical (unpaired) electrons. The predicted molar refractivity (Wildman–Crippen MR) is 29.1 cm³/mol. The van der Waals surface area contributed by atoms with Gasteiger partial charge in [-0.2, -0.15) is 8.42 Å². The van der Waals surface area contributed by atoms with Gasteiger partial charge in [-0.25, -0.2) is 4.18 Å². The van der Waals surface area contributed by atoms with E-state index in [1.165, 1.54) is 0 Å². The van der Waals surface area contributed by atoms with Gasteiger partial charge in [0.25, 0.3) is 0 Å². The van der Waals surface area contributed by atoms with Gasteiger partial charge in [-0.1, -0.05) is 0 Å². The summed E-state index contributed by atoms with van der Waals surface area (Å²) in [7, 11) is -4.32. The van der Waals surface area contributed by atoms with E-state index in [0.29, 0.717) is 6.61 Å². The number of rotatable bonds is 4. The first kappa shape index (κ1) is 8.83. The Bertz CT molecular complexity index is 148. The molecule has 0 heterocycles. The maximum absolute atomic E-state index is 9.76. The van der Waals surface area contributed by atoms with Crippen LogP contribution in [-0.2, 0) is 19.3 Å². The molecule has 5 nitrogen and oxygen atoms in total. The molecule has 0 spiro atoms. The van der Waals surface area contributed by atoms with Gasteiger partial charge >= 0.3 is 10.4 Å². The Morgan fingerprint density at radius 1 is 1.56 bits per heavy atom.